The Morgan fingerprint density at radius 1 is 0.976 bits per heavy atom. The normalized spacial score (nSPS) is 18.0. The number of amides is 2. The van der Waals surface area contributed by atoms with Crippen molar-refractivity contribution in [1.29, 1.82) is 0 Å². The highest BCUT2D eigenvalue weighted by atomic mass is 35.5. The molecule has 4 rings (SSSR count). The quantitative estimate of drug-likeness (QED) is 0.378. The van der Waals surface area contributed by atoms with Crippen molar-refractivity contribution in [3.63, 3.8) is 0 Å². The van der Waals surface area contributed by atoms with Crippen molar-refractivity contribution in [2.24, 2.45) is 15.8 Å². The molecule has 0 aliphatic carbocycles. The van der Waals surface area contributed by atoms with Crippen LogP contribution in [-0.2, 0) is 9.59 Å². The molecule has 7 nitrogen and oxygen atoms in total. The Morgan fingerprint density at radius 3 is 2.02 bits per heavy atom. The fraction of sp³-hybridized carbons (Fsp3) is 0.500. The van der Waals surface area contributed by atoms with Crippen LogP contribution < -0.4 is 0 Å². The molecule has 2 aliphatic rings. The molecule has 1 fully saturated rings. The van der Waals surface area contributed by atoms with E-state index in [2.05, 4.69) is 20.8 Å². The van der Waals surface area contributed by atoms with Crippen molar-refractivity contribution >= 4 is 46.7 Å². The monoisotopic (exact) mass is 599 g/mol. The average molecular weight is 601 g/mol. The summed E-state index contributed by atoms with van der Waals surface area (Å²) in [6, 6.07) is 11.4. The molecule has 1 atom stereocenters. The molecule has 9 heteroatoms. The molecule has 2 heterocycles. The molecule has 0 aromatic heterocycles. The number of rotatable bonds is 6. The smallest absolute Gasteiger partial charge is 0.335 e. The first-order valence-corrected chi connectivity index (χ1v) is 14.8. The van der Waals surface area contributed by atoms with E-state index in [0.717, 1.165) is 12.0 Å². The van der Waals surface area contributed by atoms with Gasteiger partial charge in [0.2, 0.25) is 5.91 Å². The van der Waals surface area contributed by atoms with Gasteiger partial charge >= 0.3 is 5.97 Å². The van der Waals surface area contributed by atoms with E-state index in [1.807, 2.05) is 30.6 Å². The minimum absolute atomic E-state index is 0.00184. The summed E-state index contributed by atoms with van der Waals surface area (Å²) in [4.78, 5) is 48.0. The number of carbonyl (C=O) groups excluding carboxylic acids is 2. The summed E-state index contributed by atoms with van der Waals surface area (Å²) in [5.41, 5.74) is 0.506. The van der Waals surface area contributed by atoms with E-state index in [1.54, 1.807) is 42.5 Å². The number of aliphatic imine (C=N–C) groups is 1. The molecule has 1 saturated heterocycles. The lowest BCUT2D eigenvalue weighted by Gasteiger charge is -2.47. The number of nitrogens with zero attached hydrogens (tertiary/aromatic N) is 3. The molecule has 2 aromatic rings. The number of aromatic carboxylic acids is 1. The summed E-state index contributed by atoms with van der Waals surface area (Å²) in [6.07, 6.45) is 2.45. The predicted molar refractivity (Wildman–Crippen MR) is 163 cm³/mol. The van der Waals surface area contributed by atoms with E-state index in [9.17, 15) is 19.5 Å². The lowest BCUT2D eigenvalue weighted by atomic mass is 9.84. The number of carboxylic acid groups (broad SMARTS) is 1. The van der Waals surface area contributed by atoms with Crippen molar-refractivity contribution in [2.45, 2.75) is 78.9 Å². The molecule has 0 radical (unpaired) electrons. The number of halogens is 2. The largest absolute Gasteiger partial charge is 0.478 e. The molecule has 0 bridgehead atoms. The SMILES string of the molecule is CC(C)(C)CCC(c1ccc(C(=O)O)cc1)N1C(=O)C(c2cc(Cl)cc(Cl)c2)=NC12CCN(C(=O)C(C)(C)C)CC2. The molecule has 220 valence electrons. The third-order valence-corrected chi connectivity index (χ3v) is 8.28. The molecule has 2 aliphatic heterocycles. The van der Waals surface area contributed by atoms with Crippen LogP contribution in [0.15, 0.2) is 47.5 Å². The Kier molecular flexibility index (Phi) is 8.64. The zero-order chi connectivity index (χ0) is 30.3. The molecule has 2 amide bonds. The zero-order valence-corrected chi connectivity index (χ0v) is 26.1. The summed E-state index contributed by atoms with van der Waals surface area (Å²) < 4.78 is 0. The van der Waals surface area contributed by atoms with Crippen LogP contribution in [0.3, 0.4) is 0 Å². The second-order valence-corrected chi connectivity index (χ2v) is 14.2. The predicted octanol–water partition coefficient (Wildman–Crippen LogP) is 7.26. The maximum absolute atomic E-state index is 14.4. The summed E-state index contributed by atoms with van der Waals surface area (Å²) in [5.74, 6) is -1.15. The van der Waals surface area contributed by atoms with Gasteiger partial charge in [0.25, 0.3) is 5.91 Å². The van der Waals surface area contributed by atoms with Crippen LogP contribution in [0, 0.1) is 10.8 Å². The second-order valence-electron chi connectivity index (χ2n) is 13.4. The van der Waals surface area contributed by atoms with Crippen molar-refractivity contribution < 1.29 is 19.5 Å². The Bertz CT molecular complexity index is 1340. The summed E-state index contributed by atoms with van der Waals surface area (Å²) in [7, 11) is 0. The highest BCUT2D eigenvalue weighted by Gasteiger charge is 2.52. The van der Waals surface area contributed by atoms with Crippen LogP contribution in [0.4, 0.5) is 0 Å². The molecule has 1 spiro atoms. The second kappa shape index (κ2) is 11.4. The number of likely N-dealkylation sites (tertiary alicyclic amines) is 1. The zero-order valence-electron chi connectivity index (χ0n) is 24.6. The summed E-state index contributed by atoms with van der Waals surface area (Å²) in [6.45, 7) is 13.1. The number of carboxylic acids is 1. The topological polar surface area (TPSA) is 90.3 Å². The number of benzene rings is 2. The lowest BCUT2D eigenvalue weighted by molar-refractivity contribution is -0.144. The Hall–Kier alpha value is -2.90. The Morgan fingerprint density at radius 2 is 1.54 bits per heavy atom. The van der Waals surface area contributed by atoms with E-state index in [1.165, 1.54) is 0 Å². The van der Waals surface area contributed by atoms with E-state index in [4.69, 9.17) is 28.2 Å². The fourth-order valence-electron chi connectivity index (χ4n) is 5.68. The van der Waals surface area contributed by atoms with Crippen LogP contribution in [0.5, 0.6) is 0 Å². The van der Waals surface area contributed by atoms with Crippen LogP contribution in [0.25, 0.3) is 0 Å². The van der Waals surface area contributed by atoms with Gasteiger partial charge < -0.3 is 14.9 Å². The van der Waals surface area contributed by atoms with Gasteiger partial charge in [0.05, 0.1) is 11.6 Å². The number of carbonyl (C=O) groups is 3. The summed E-state index contributed by atoms with van der Waals surface area (Å²) >= 11 is 12.7. The van der Waals surface area contributed by atoms with Gasteiger partial charge in [-0.2, -0.15) is 0 Å². The van der Waals surface area contributed by atoms with Crippen molar-refractivity contribution in [1.82, 2.24) is 9.80 Å². The standard InChI is InChI=1S/C32H39Cl2N3O4/c1-30(2,3)12-11-25(20-7-9-21(10-8-20)28(39)40)37-27(38)26(22-17-23(33)19-24(34)18-22)35-32(37)13-15-36(16-14-32)29(41)31(4,5)6/h7-10,17-19,25H,11-16H2,1-6H3,(H,39,40). The number of hydrogen-bond acceptors (Lipinski definition) is 4. The molecular formula is C32H39Cl2N3O4. The van der Waals surface area contributed by atoms with E-state index < -0.39 is 17.0 Å². The molecule has 2 aromatic carbocycles. The van der Waals surface area contributed by atoms with E-state index >= 15 is 0 Å². The van der Waals surface area contributed by atoms with Crippen LogP contribution in [0.2, 0.25) is 10.0 Å². The number of hydrogen-bond donors (Lipinski definition) is 1. The van der Waals surface area contributed by atoms with Gasteiger partial charge in [-0.3, -0.25) is 14.6 Å². The number of piperidine rings is 1. The Balaban J connectivity index is 1.81. The van der Waals surface area contributed by atoms with Crippen molar-refractivity contribution in [2.75, 3.05) is 13.1 Å². The molecule has 0 saturated carbocycles. The molecular weight excluding hydrogens is 561 g/mol. The first-order chi connectivity index (χ1) is 19.0. The van der Waals surface area contributed by atoms with Gasteiger partial charge in [-0.05, 0) is 54.2 Å². The van der Waals surface area contributed by atoms with Gasteiger partial charge in [0.15, 0.2) is 0 Å². The lowest BCUT2D eigenvalue weighted by Crippen LogP contribution is -2.56. The van der Waals surface area contributed by atoms with Gasteiger partial charge in [0.1, 0.15) is 11.4 Å². The molecule has 1 unspecified atom stereocenters. The maximum atomic E-state index is 14.4. The van der Waals surface area contributed by atoms with Crippen LogP contribution in [-0.4, -0.2) is 57.2 Å². The average Bonchev–Trinajstić information content (AvgIpc) is 3.14. The van der Waals surface area contributed by atoms with E-state index in [0.29, 0.717) is 53.7 Å². The van der Waals surface area contributed by atoms with Crippen LogP contribution in [0.1, 0.15) is 94.8 Å². The maximum Gasteiger partial charge on any atom is 0.335 e. The van der Waals surface area contributed by atoms with Gasteiger partial charge in [-0.25, -0.2) is 4.79 Å². The third-order valence-electron chi connectivity index (χ3n) is 7.84. The first-order valence-electron chi connectivity index (χ1n) is 14.0. The van der Waals surface area contributed by atoms with Gasteiger partial charge in [0, 0.05) is 47.0 Å². The highest BCUT2D eigenvalue weighted by molar-refractivity contribution is 6.47. The highest BCUT2D eigenvalue weighted by Crippen LogP contribution is 2.45. The van der Waals surface area contributed by atoms with Crippen LogP contribution >= 0.6 is 23.2 Å². The van der Waals surface area contributed by atoms with Gasteiger partial charge in [-0.15, -0.1) is 0 Å². The van der Waals surface area contributed by atoms with Crippen molar-refractivity contribution in [3.05, 3.63) is 69.2 Å². The Labute approximate surface area is 252 Å². The van der Waals surface area contributed by atoms with Crippen molar-refractivity contribution in [3.8, 4) is 0 Å². The minimum Gasteiger partial charge on any atom is -0.478 e. The molecule has 41 heavy (non-hydrogen) atoms. The third kappa shape index (κ3) is 6.78. The van der Waals surface area contributed by atoms with Gasteiger partial charge in [-0.1, -0.05) is 76.9 Å². The van der Waals surface area contributed by atoms with E-state index in [-0.39, 0.29) is 28.8 Å². The first kappa shape index (κ1) is 31.0. The fourth-order valence-corrected chi connectivity index (χ4v) is 6.21. The summed E-state index contributed by atoms with van der Waals surface area (Å²) in [5, 5.41) is 10.3. The molecule has 1 N–H and O–H groups in total. The minimum atomic E-state index is -1.00.